The van der Waals surface area contributed by atoms with Crippen LogP contribution in [0.4, 0.5) is 5.82 Å². The largest absolute Gasteiger partial charge is 0.357 e. The second-order valence-electron chi connectivity index (χ2n) is 7.86. The van der Waals surface area contributed by atoms with E-state index in [4.69, 9.17) is 34.8 Å². The fourth-order valence-electron chi connectivity index (χ4n) is 3.93. The van der Waals surface area contributed by atoms with Gasteiger partial charge >= 0.3 is 0 Å². The van der Waals surface area contributed by atoms with E-state index < -0.39 is 0 Å². The predicted molar refractivity (Wildman–Crippen MR) is 129 cm³/mol. The van der Waals surface area contributed by atoms with Gasteiger partial charge in [-0.25, -0.2) is 4.98 Å². The normalized spacial score (nSPS) is 14.4. The van der Waals surface area contributed by atoms with Gasteiger partial charge in [0.25, 0.3) is 0 Å². The lowest BCUT2D eigenvalue weighted by Crippen LogP contribution is -2.42. The standard InChI is InChI=1S/C24H23Cl3N4O/c25-19-5-7-23(29-14-19)30-11-8-18(9-12-30)24(32)31(16-20-3-1-2-10-28-20)15-17-4-6-21(26)22(27)13-17/h1-7,10,13-14,18H,8-9,11-12,15-16H2. The number of rotatable bonds is 6. The number of benzene rings is 1. The molecule has 0 bridgehead atoms. The van der Waals surface area contributed by atoms with Crippen LogP contribution in [0.2, 0.25) is 15.1 Å². The summed E-state index contributed by atoms with van der Waals surface area (Å²) in [5.41, 5.74) is 1.79. The maximum absolute atomic E-state index is 13.5. The van der Waals surface area contributed by atoms with Crippen molar-refractivity contribution >= 4 is 46.5 Å². The van der Waals surface area contributed by atoms with Gasteiger partial charge in [-0.1, -0.05) is 46.9 Å². The number of carbonyl (C=O) groups is 1. The topological polar surface area (TPSA) is 49.3 Å². The molecule has 5 nitrogen and oxygen atoms in total. The van der Waals surface area contributed by atoms with Crippen molar-refractivity contribution in [3.63, 3.8) is 0 Å². The first-order chi connectivity index (χ1) is 15.5. The Balaban J connectivity index is 1.46. The average Bonchev–Trinajstić information content (AvgIpc) is 2.82. The van der Waals surface area contributed by atoms with Crippen LogP contribution in [0.15, 0.2) is 60.9 Å². The summed E-state index contributed by atoms with van der Waals surface area (Å²) in [6, 6.07) is 15.0. The third-order valence-electron chi connectivity index (χ3n) is 5.63. The Morgan fingerprint density at radius 3 is 2.44 bits per heavy atom. The van der Waals surface area contributed by atoms with Gasteiger partial charge in [-0.05, 0) is 54.8 Å². The molecule has 1 fully saturated rings. The van der Waals surface area contributed by atoms with Crippen LogP contribution in [0.3, 0.4) is 0 Å². The quantitative estimate of drug-likeness (QED) is 0.434. The number of anilines is 1. The molecule has 1 saturated heterocycles. The second kappa shape index (κ2) is 10.5. The Labute approximate surface area is 202 Å². The summed E-state index contributed by atoms with van der Waals surface area (Å²) in [5, 5.41) is 1.60. The molecule has 1 aliphatic heterocycles. The Hall–Kier alpha value is -2.34. The molecule has 0 atom stereocenters. The highest BCUT2D eigenvalue weighted by atomic mass is 35.5. The molecule has 3 aromatic rings. The van der Waals surface area contributed by atoms with Gasteiger partial charge in [0.2, 0.25) is 5.91 Å². The van der Waals surface area contributed by atoms with Gasteiger partial charge in [0.1, 0.15) is 5.82 Å². The minimum absolute atomic E-state index is 0.0509. The van der Waals surface area contributed by atoms with E-state index in [9.17, 15) is 4.79 Å². The summed E-state index contributed by atoms with van der Waals surface area (Å²) in [6.45, 7) is 2.44. The number of carbonyl (C=O) groups excluding carboxylic acids is 1. The van der Waals surface area contributed by atoms with Gasteiger partial charge in [-0.2, -0.15) is 0 Å². The zero-order chi connectivity index (χ0) is 22.5. The minimum Gasteiger partial charge on any atom is -0.357 e. The number of hydrogen-bond acceptors (Lipinski definition) is 4. The molecule has 32 heavy (non-hydrogen) atoms. The molecule has 0 saturated carbocycles. The SMILES string of the molecule is O=C(C1CCN(c2ccc(Cl)cn2)CC1)N(Cc1ccc(Cl)c(Cl)c1)Cc1ccccn1. The van der Waals surface area contributed by atoms with E-state index in [1.54, 1.807) is 18.5 Å². The number of nitrogens with zero attached hydrogens (tertiary/aromatic N) is 4. The van der Waals surface area contributed by atoms with Crippen molar-refractivity contribution in [3.8, 4) is 0 Å². The predicted octanol–water partition coefficient (Wildman–Crippen LogP) is 5.88. The van der Waals surface area contributed by atoms with Gasteiger partial charge in [-0.3, -0.25) is 9.78 Å². The van der Waals surface area contributed by atoms with Crippen molar-refractivity contribution < 1.29 is 4.79 Å². The van der Waals surface area contributed by atoms with Crippen LogP contribution in [-0.4, -0.2) is 33.9 Å². The molecule has 0 N–H and O–H groups in total. The maximum atomic E-state index is 13.5. The molecule has 8 heteroatoms. The molecule has 1 aromatic carbocycles. The molecular weight excluding hydrogens is 467 g/mol. The highest BCUT2D eigenvalue weighted by Crippen LogP contribution is 2.27. The smallest absolute Gasteiger partial charge is 0.226 e. The van der Waals surface area contributed by atoms with Crippen molar-refractivity contribution in [3.05, 3.63) is 87.2 Å². The first kappa shape index (κ1) is 22.8. The number of hydrogen-bond donors (Lipinski definition) is 0. The maximum Gasteiger partial charge on any atom is 0.226 e. The Morgan fingerprint density at radius 2 is 1.78 bits per heavy atom. The lowest BCUT2D eigenvalue weighted by atomic mass is 9.94. The van der Waals surface area contributed by atoms with Gasteiger partial charge in [0, 0.05) is 37.9 Å². The molecular formula is C24H23Cl3N4O. The zero-order valence-electron chi connectivity index (χ0n) is 17.4. The number of aromatic nitrogens is 2. The Morgan fingerprint density at radius 1 is 0.969 bits per heavy atom. The van der Waals surface area contributed by atoms with E-state index in [1.165, 1.54) is 0 Å². The van der Waals surface area contributed by atoms with E-state index in [1.807, 2.05) is 47.4 Å². The fourth-order valence-corrected chi connectivity index (χ4v) is 4.36. The molecule has 3 heterocycles. The summed E-state index contributed by atoms with van der Waals surface area (Å²) < 4.78 is 0. The van der Waals surface area contributed by atoms with E-state index >= 15 is 0 Å². The van der Waals surface area contributed by atoms with Crippen LogP contribution in [0.1, 0.15) is 24.1 Å². The van der Waals surface area contributed by atoms with E-state index in [0.29, 0.717) is 28.2 Å². The number of amides is 1. The minimum atomic E-state index is -0.0509. The number of piperidine rings is 1. The van der Waals surface area contributed by atoms with Crippen LogP contribution in [0, 0.1) is 5.92 Å². The summed E-state index contributed by atoms with van der Waals surface area (Å²) in [4.78, 5) is 26.4. The molecule has 0 radical (unpaired) electrons. The molecule has 2 aromatic heterocycles. The van der Waals surface area contributed by atoms with E-state index in [-0.39, 0.29) is 11.8 Å². The first-order valence-electron chi connectivity index (χ1n) is 10.5. The number of halogens is 3. The lowest BCUT2D eigenvalue weighted by Gasteiger charge is -2.35. The van der Waals surface area contributed by atoms with Crippen LogP contribution >= 0.6 is 34.8 Å². The van der Waals surface area contributed by atoms with Crippen molar-refractivity contribution in [1.82, 2.24) is 14.9 Å². The third-order valence-corrected chi connectivity index (χ3v) is 6.59. The van der Waals surface area contributed by atoms with E-state index in [2.05, 4.69) is 14.9 Å². The lowest BCUT2D eigenvalue weighted by molar-refractivity contribution is -0.137. The zero-order valence-corrected chi connectivity index (χ0v) is 19.7. The molecule has 0 unspecified atom stereocenters. The highest BCUT2D eigenvalue weighted by molar-refractivity contribution is 6.42. The summed E-state index contributed by atoms with van der Waals surface area (Å²) in [7, 11) is 0. The monoisotopic (exact) mass is 488 g/mol. The summed E-state index contributed by atoms with van der Waals surface area (Å²) >= 11 is 18.2. The molecule has 0 aliphatic carbocycles. The fraction of sp³-hybridized carbons (Fsp3) is 0.292. The summed E-state index contributed by atoms with van der Waals surface area (Å²) in [5.74, 6) is 0.969. The average molecular weight is 490 g/mol. The molecule has 166 valence electrons. The van der Waals surface area contributed by atoms with Crippen LogP contribution in [0.25, 0.3) is 0 Å². The molecule has 1 amide bonds. The molecule has 1 aliphatic rings. The Kier molecular flexibility index (Phi) is 7.51. The highest BCUT2D eigenvalue weighted by Gasteiger charge is 2.29. The van der Waals surface area contributed by atoms with Crippen LogP contribution < -0.4 is 4.90 Å². The molecule has 0 spiro atoms. The summed E-state index contributed by atoms with van der Waals surface area (Å²) in [6.07, 6.45) is 4.93. The first-order valence-corrected chi connectivity index (χ1v) is 11.6. The van der Waals surface area contributed by atoms with Gasteiger partial charge < -0.3 is 9.80 Å². The van der Waals surface area contributed by atoms with Crippen molar-refractivity contribution in [1.29, 1.82) is 0 Å². The van der Waals surface area contributed by atoms with Crippen molar-refractivity contribution in [2.24, 2.45) is 5.92 Å². The van der Waals surface area contributed by atoms with Crippen LogP contribution in [0.5, 0.6) is 0 Å². The van der Waals surface area contributed by atoms with Gasteiger partial charge in [-0.15, -0.1) is 0 Å². The van der Waals surface area contributed by atoms with Gasteiger partial charge in [0.15, 0.2) is 0 Å². The number of pyridine rings is 2. The van der Waals surface area contributed by atoms with Gasteiger partial charge in [0.05, 0.1) is 27.3 Å². The second-order valence-corrected chi connectivity index (χ2v) is 9.11. The molecule has 4 rings (SSSR count). The van der Waals surface area contributed by atoms with Crippen LogP contribution in [-0.2, 0) is 17.9 Å². The Bertz CT molecular complexity index is 1050. The third kappa shape index (κ3) is 5.71. The van der Waals surface area contributed by atoms with E-state index in [0.717, 1.165) is 43.0 Å². The van der Waals surface area contributed by atoms with Crippen molar-refractivity contribution in [2.45, 2.75) is 25.9 Å². The van der Waals surface area contributed by atoms with Crippen molar-refractivity contribution in [2.75, 3.05) is 18.0 Å².